The highest BCUT2D eigenvalue weighted by Crippen LogP contribution is 2.33. The van der Waals surface area contributed by atoms with E-state index < -0.39 is 0 Å². The maximum absolute atomic E-state index is 6.67. The van der Waals surface area contributed by atoms with Crippen LogP contribution in [0.3, 0.4) is 0 Å². The Morgan fingerprint density at radius 1 is 0.600 bits per heavy atom. The molecule has 0 radical (unpaired) electrons. The summed E-state index contributed by atoms with van der Waals surface area (Å²) in [6.07, 6.45) is 11.8. The van der Waals surface area contributed by atoms with Crippen molar-refractivity contribution in [3.8, 4) is 0 Å². The van der Waals surface area contributed by atoms with Crippen molar-refractivity contribution in [2.24, 2.45) is 11.5 Å². The van der Waals surface area contributed by atoms with Gasteiger partial charge in [-0.25, -0.2) is 24.9 Å². The van der Waals surface area contributed by atoms with E-state index in [9.17, 15) is 0 Å². The first-order valence-corrected chi connectivity index (χ1v) is 18.0. The molecule has 4 aromatic heterocycles. The number of imidazole rings is 1. The van der Waals surface area contributed by atoms with E-state index in [2.05, 4.69) is 44.7 Å². The Hall–Kier alpha value is -3.71. The molecule has 6 aromatic rings. The number of aromatic amines is 2. The van der Waals surface area contributed by atoms with Crippen molar-refractivity contribution in [3.05, 3.63) is 98.9 Å². The van der Waals surface area contributed by atoms with Gasteiger partial charge in [0.2, 0.25) is 0 Å². The molecule has 0 unspecified atom stereocenters. The molecule has 0 spiro atoms. The molecule has 0 atom stereocenters. The van der Waals surface area contributed by atoms with E-state index in [1.165, 1.54) is 0 Å². The number of rotatable bonds is 6. The van der Waals surface area contributed by atoms with E-state index >= 15 is 0 Å². The summed E-state index contributed by atoms with van der Waals surface area (Å²) in [5.41, 5.74) is 17.5. The number of hydrogen-bond acceptors (Lipinski definition) is 9. The molecule has 0 saturated carbocycles. The second-order valence-corrected chi connectivity index (χ2v) is 14.9. The molecule has 2 aliphatic rings. The van der Waals surface area contributed by atoms with Crippen LogP contribution in [-0.2, 0) is 12.8 Å². The Bertz CT molecular complexity index is 1950. The van der Waals surface area contributed by atoms with E-state index in [1.54, 1.807) is 19.0 Å². The minimum absolute atomic E-state index is 0.238. The summed E-state index contributed by atoms with van der Waals surface area (Å²) in [4.78, 5) is 32.3. The number of nitrogens with two attached hydrogens (primary N) is 2. The van der Waals surface area contributed by atoms with Gasteiger partial charge < -0.3 is 31.2 Å². The van der Waals surface area contributed by atoms with Crippen molar-refractivity contribution < 1.29 is 0 Å². The molecule has 6 N–H and O–H groups in total. The number of nitrogens with one attached hydrogen (secondary N) is 2. The summed E-state index contributed by atoms with van der Waals surface area (Å²) < 4.78 is 0. The third-order valence-electron chi connectivity index (χ3n) is 9.73. The van der Waals surface area contributed by atoms with Crippen LogP contribution in [0.1, 0.15) is 36.8 Å². The van der Waals surface area contributed by atoms with Crippen molar-refractivity contribution in [1.29, 1.82) is 0 Å². The molecule has 15 heteroatoms. The van der Waals surface area contributed by atoms with E-state index in [0.29, 0.717) is 20.1 Å². The number of H-pyrrole nitrogens is 2. The summed E-state index contributed by atoms with van der Waals surface area (Å²) >= 11 is 24.2. The van der Waals surface area contributed by atoms with Gasteiger partial charge in [-0.05, 0) is 80.0 Å². The van der Waals surface area contributed by atoms with Crippen LogP contribution in [0.5, 0.6) is 0 Å². The van der Waals surface area contributed by atoms with Gasteiger partial charge in [0, 0.05) is 43.5 Å². The largest absolute Gasteiger partial charge is 0.356 e. The Morgan fingerprint density at radius 3 is 1.68 bits per heavy atom. The average Bonchev–Trinajstić information content (AvgIpc) is 3.79. The molecular formula is C35H37Cl4N11. The summed E-state index contributed by atoms with van der Waals surface area (Å²) in [6.45, 7) is 3.40. The second kappa shape index (κ2) is 14.5. The number of hydrogen-bond donors (Lipinski definition) is 4. The Kier molecular flexibility index (Phi) is 10.1. The fourth-order valence-corrected chi connectivity index (χ4v) is 7.53. The van der Waals surface area contributed by atoms with Gasteiger partial charge in [0.1, 0.15) is 29.6 Å². The highest BCUT2D eigenvalue weighted by atomic mass is 35.5. The smallest absolute Gasteiger partial charge is 0.162 e. The average molecular weight is 754 g/mol. The molecular weight excluding hydrogens is 716 g/mol. The molecule has 2 aromatic carbocycles. The molecule has 8 rings (SSSR count). The van der Waals surface area contributed by atoms with Gasteiger partial charge in [0.15, 0.2) is 11.5 Å². The number of fused-ring (bicyclic) bond motifs is 2. The molecule has 0 amide bonds. The monoisotopic (exact) mass is 751 g/mol. The normalized spacial score (nSPS) is 17.2. The lowest BCUT2D eigenvalue weighted by Gasteiger charge is -2.40. The summed E-state index contributed by atoms with van der Waals surface area (Å²) in [7, 11) is 0. The van der Waals surface area contributed by atoms with E-state index in [-0.39, 0.29) is 11.1 Å². The zero-order chi connectivity index (χ0) is 34.9. The number of benzene rings is 2. The zero-order valence-corrected chi connectivity index (χ0v) is 30.2. The minimum Gasteiger partial charge on any atom is -0.356 e. The maximum atomic E-state index is 6.67. The van der Waals surface area contributed by atoms with Crippen LogP contribution in [-0.4, -0.2) is 72.1 Å². The Labute approximate surface area is 309 Å². The SMILES string of the molecule is NC1(Cc2ccc(Cl)c(Cl)c2)CCN(c2ncnc3[nH]ccc23)CC1.NC1(Cc2ccc(Cl)c(Cl)c2)CCN(c2ncnc3[nH]cnc23)CC1. The van der Waals surface area contributed by atoms with Crippen molar-refractivity contribution in [2.75, 3.05) is 36.0 Å². The maximum Gasteiger partial charge on any atom is 0.162 e. The Morgan fingerprint density at radius 2 is 1.12 bits per heavy atom. The lowest BCUT2D eigenvalue weighted by Crippen LogP contribution is -2.52. The van der Waals surface area contributed by atoms with Crippen molar-refractivity contribution >= 4 is 80.2 Å². The molecule has 260 valence electrons. The van der Waals surface area contributed by atoms with Gasteiger partial charge >= 0.3 is 0 Å². The third kappa shape index (κ3) is 7.63. The van der Waals surface area contributed by atoms with Gasteiger partial charge in [-0.1, -0.05) is 58.5 Å². The molecule has 2 fully saturated rings. The number of piperidine rings is 2. The lowest BCUT2D eigenvalue weighted by atomic mass is 9.83. The number of nitrogens with zero attached hydrogens (tertiary/aromatic N) is 7. The highest BCUT2D eigenvalue weighted by Gasteiger charge is 2.33. The predicted molar refractivity (Wildman–Crippen MR) is 203 cm³/mol. The minimum atomic E-state index is -0.259. The van der Waals surface area contributed by atoms with E-state index in [4.69, 9.17) is 57.9 Å². The van der Waals surface area contributed by atoms with E-state index in [1.807, 2.05) is 48.7 Å². The van der Waals surface area contributed by atoms with Crippen LogP contribution >= 0.6 is 46.4 Å². The molecule has 2 saturated heterocycles. The quantitative estimate of drug-likeness (QED) is 0.141. The summed E-state index contributed by atoms with van der Waals surface area (Å²) in [5.74, 6) is 1.84. The van der Waals surface area contributed by atoms with Crippen LogP contribution in [0.4, 0.5) is 11.6 Å². The van der Waals surface area contributed by atoms with Gasteiger partial charge in [-0.3, -0.25) is 0 Å². The topological polar surface area (TPSA) is 155 Å². The van der Waals surface area contributed by atoms with Crippen molar-refractivity contribution in [3.63, 3.8) is 0 Å². The van der Waals surface area contributed by atoms with E-state index in [0.717, 1.165) is 110 Å². The first-order valence-electron chi connectivity index (χ1n) is 16.5. The van der Waals surface area contributed by atoms with Gasteiger partial charge in [0.25, 0.3) is 0 Å². The van der Waals surface area contributed by atoms with Crippen LogP contribution in [0.25, 0.3) is 22.2 Å². The van der Waals surface area contributed by atoms with Crippen LogP contribution in [0, 0.1) is 0 Å². The lowest BCUT2D eigenvalue weighted by molar-refractivity contribution is 0.330. The Balaban J connectivity index is 0.000000157. The van der Waals surface area contributed by atoms with Crippen LogP contribution in [0.2, 0.25) is 20.1 Å². The standard InChI is InChI=1S/C18H19Cl2N5.C17H18Cl2N6/c19-14-2-1-12(9-15(14)20)10-18(21)4-7-25(8-5-18)17-13-3-6-22-16(13)23-11-24-17;18-12-2-1-11(7-13(12)19)8-17(20)3-5-25(6-4-17)16-14-15(22-9-21-14)23-10-24-16/h1-3,6,9,11H,4-5,7-8,10,21H2,(H,22,23,24);1-2,7,9-10H,3-6,8,20H2,(H,21,22,23,24). The van der Waals surface area contributed by atoms with Gasteiger partial charge in [0.05, 0.1) is 31.8 Å². The summed E-state index contributed by atoms with van der Waals surface area (Å²) in [5, 5.41) is 3.35. The zero-order valence-electron chi connectivity index (χ0n) is 27.2. The first-order chi connectivity index (χ1) is 24.1. The molecule has 50 heavy (non-hydrogen) atoms. The molecule has 0 aliphatic carbocycles. The van der Waals surface area contributed by atoms with Gasteiger partial charge in [-0.2, -0.15) is 0 Å². The third-order valence-corrected chi connectivity index (χ3v) is 11.2. The number of aromatic nitrogens is 7. The molecule has 11 nitrogen and oxygen atoms in total. The van der Waals surface area contributed by atoms with Gasteiger partial charge in [-0.15, -0.1) is 0 Å². The molecule has 2 aliphatic heterocycles. The first kappa shape index (κ1) is 34.7. The van der Waals surface area contributed by atoms with Crippen molar-refractivity contribution in [1.82, 2.24) is 34.9 Å². The predicted octanol–water partition coefficient (Wildman–Crippen LogP) is 7.01. The molecule has 6 heterocycles. The highest BCUT2D eigenvalue weighted by molar-refractivity contribution is 6.42. The van der Waals surface area contributed by atoms with Crippen LogP contribution in [0.15, 0.2) is 67.6 Å². The molecule has 0 bridgehead atoms. The number of anilines is 2. The van der Waals surface area contributed by atoms with Crippen LogP contribution < -0.4 is 21.3 Å². The van der Waals surface area contributed by atoms with Crippen molar-refractivity contribution in [2.45, 2.75) is 49.6 Å². The fourth-order valence-electron chi connectivity index (χ4n) is 6.89. The second-order valence-electron chi connectivity index (χ2n) is 13.3. The fraction of sp³-hybridized carbons (Fsp3) is 0.343. The number of halogens is 4. The summed E-state index contributed by atoms with van der Waals surface area (Å²) in [6, 6.07) is 13.5.